The van der Waals surface area contributed by atoms with Crippen molar-refractivity contribution in [2.45, 2.75) is 51.0 Å². The lowest BCUT2D eigenvalue weighted by Gasteiger charge is -2.21. The molecule has 26 heavy (non-hydrogen) atoms. The van der Waals surface area contributed by atoms with Gasteiger partial charge in [-0.1, -0.05) is 41.9 Å². The Morgan fingerprint density at radius 3 is 2.77 bits per heavy atom. The molecule has 2 aromatic rings. The normalized spacial score (nSPS) is 19.6. The molecule has 0 aliphatic heterocycles. The van der Waals surface area contributed by atoms with Gasteiger partial charge in [0, 0.05) is 43.6 Å². The number of carbonyl (C=O) groups is 1. The molecule has 1 aliphatic rings. The number of nitrogens with two attached hydrogens (primary N) is 1. The largest absolute Gasteiger partial charge is 0.361 e. The average molecular weight is 355 g/mol. The molecule has 2 N–H and O–H groups in total. The van der Waals surface area contributed by atoms with Crippen molar-refractivity contribution < 1.29 is 9.32 Å². The third-order valence-electron chi connectivity index (χ3n) is 5.24. The van der Waals surface area contributed by atoms with E-state index in [2.05, 4.69) is 5.16 Å². The van der Waals surface area contributed by atoms with E-state index >= 15 is 0 Å². The Kier molecular flexibility index (Phi) is 6.45. The highest BCUT2D eigenvalue weighted by Gasteiger charge is 2.29. The Balaban J connectivity index is 1.34. The molecule has 1 aromatic carbocycles. The summed E-state index contributed by atoms with van der Waals surface area (Å²) >= 11 is 0. The van der Waals surface area contributed by atoms with Crippen LogP contribution in [0.3, 0.4) is 0 Å². The molecule has 5 nitrogen and oxygen atoms in total. The molecule has 5 heteroatoms. The maximum atomic E-state index is 12.4. The second-order valence-corrected chi connectivity index (χ2v) is 7.38. The summed E-state index contributed by atoms with van der Waals surface area (Å²) in [5.74, 6) is 1.33. The molecule has 0 saturated heterocycles. The molecular formula is C21H29N3O2. The van der Waals surface area contributed by atoms with E-state index in [1.807, 2.05) is 48.3 Å². The van der Waals surface area contributed by atoms with E-state index in [9.17, 15) is 4.79 Å². The van der Waals surface area contributed by atoms with Gasteiger partial charge in [-0.05, 0) is 32.1 Å². The second kappa shape index (κ2) is 8.99. The van der Waals surface area contributed by atoms with Gasteiger partial charge in [0.05, 0.1) is 0 Å². The zero-order chi connectivity index (χ0) is 18.4. The molecule has 1 amide bonds. The SMILES string of the molecule is CN(CCCCCc1cc(-c2ccccc2)no1)C(=O)C1CCC(N)C1. The second-order valence-electron chi connectivity index (χ2n) is 7.38. The zero-order valence-electron chi connectivity index (χ0n) is 15.6. The van der Waals surface area contributed by atoms with Crippen LogP contribution in [-0.2, 0) is 11.2 Å². The first-order valence-corrected chi connectivity index (χ1v) is 9.65. The van der Waals surface area contributed by atoms with E-state index in [1.165, 1.54) is 0 Å². The molecule has 1 fully saturated rings. The van der Waals surface area contributed by atoms with Gasteiger partial charge in [0.25, 0.3) is 0 Å². The van der Waals surface area contributed by atoms with Crippen molar-refractivity contribution in [3.63, 3.8) is 0 Å². The van der Waals surface area contributed by atoms with Gasteiger partial charge >= 0.3 is 0 Å². The monoisotopic (exact) mass is 355 g/mol. The molecular weight excluding hydrogens is 326 g/mol. The third-order valence-corrected chi connectivity index (χ3v) is 5.24. The fraction of sp³-hybridized carbons (Fsp3) is 0.524. The van der Waals surface area contributed by atoms with Crippen molar-refractivity contribution in [2.24, 2.45) is 11.7 Å². The first kappa shape index (κ1) is 18.6. The summed E-state index contributed by atoms with van der Waals surface area (Å²) in [6.45, 7) is 0.816. The number of hydrogen-bond donors (Lipinski definition) is 1. The lowest BCUT2D eigenvalue weighted by atomic mass is 10.1. The van der Waals surface area contributed by atoms with Gasteiger partial charge in [-0.25, -0.2) is 0 Å². The molecule has 1 heterocycles. The van der Waals surface area contributed by atoms with Crippen LogP contribution < -0.4 is 5.73 Å². The van der Waals surface area contributed by atoms with Crippen molar-refractivity contribution in [2.75, 3.05) is 13.6 Å². The van der Waals surface area contributed by atoms with E-state index in [-0.39, 0.29) is 17.9 Å². The Morgan fingerprint density at radius 2 is 2.04 bits per heavy atom. The van der Waals surface area contributed by atoms with Crippen molar-refractivity contribution >= 4 is 5.91 Å². The summed E-state index contributed by atoms with van der Waals surface area (Å²) < 4.78 is 5.44. The topological polar surface area (TPSA) is 72.4 Å². The Bertz CT molecular complexity index is 698. The van der Waals surface area contributed by atoms with E-state index in [4.69, 9.17) is 10.3 Å². The van der Waals surface area contributed by atoms with Gasteiger partial charge in [-0.3, -0.25) is 4.79 Å². The Hall–Kier alpha value is -2.14. The maximum absolute atomic E-state index is 12.4. The summed E-state index contributed by atoms with van der Waals surface area (Å²) in [5.41, 5.74) is 7.88. The minimum Gasteiger partial charge on any atom is -0.361 e. The van der Waals surface area contributed by atoms with Crippen LogP contribution in [0.5, 0.6) is 0 Å². The molecule has 1 aromatic heterocycles. The van der Waals surface area contributed by atoms with Gasteiger partial charge in [-0.15, -0.1) is 0 Å². The quantitative estimate of drug-likeness (QED) is 0.734. The highest BCUT2D eigenvalue weighted by molar-refractivity contribution is 5.78. The number of nitrogens with zero attached hydrogens (tertiary/aromatic N) is 2. The average Bonchev–Trinajstić information content (AvgIpc) is 3.30. The highest BCUT2D eigenvalue weighted by Crippen LogP contribution is 2.26. The van der Waals surface area contributed by atoms with Gasteiger partial charge in [0.1, 0.15) is 11.5 Å². The van der Waals surface area contributed by atoms with Gasteiger partial charge in [0.15, 0.2) is 0 Å². The third kappa shape index (κ3) is 4.94. The number of benzene rings is 1. The molecule has 2 atom stereocenters. The van der Waals surface area contributed by atoms with Crippen molar-refractivity contribution in [1.82, 2.24) is 10.1 Å². The van der Waals surface area contributed by atoms with Gasteiger partial charge in [0.2, 0.25) is 5.91 Å². The lowest BCUT2D eigenvalue weighted by Crippen LogP contribution is -2.33. The maximum Gasteiger partial charge on any atom is 0.225 e. The summed E-state index contributed by atoms with van der Waals surface area (Å²) in [4.78, 5) is 14.2. The first-order valence-electron chi connectivity index (χ1n) is 9.65. The van der Waals surface area contributed by atoms with Crippen LogP contribution in [0, 0.1) is 5.92 Å². The van der Waals surface area contributed by atoms with Crippen molar-refractivity contribution in [3.8, 4) is 11.3 Å². The van der Waals surface area contributed by atoms with E-state index < -0.39 is 0 Å². The van der Waals surface area contributed by atoms with Crippen LogP contribution in [0.2, 0.25) is 0 Å². The predicted molar refractivity (Wildman–Crippen MR) is 102 cm³/mol. The minimum absolute atomic E-state index is 0.139. The zero-order valence-corrected chi connectivity index (χ0v) is 15.6. The van der Waals surface area contributed by atoms with Crippen LogP contribution in [0.1, 0.15) is 44.3 Å². The number of carbonyl (C=O) groups excluding carboxylic acids is 1. The van der Waals surface area contributed by atoms with Crippen LogP contribution in [0.4, 0.5) is 0 Å². The van der Waals surface area contributed by atoms with Crippen LogP contribution in [0.15, 0.2) is 40.9 Å². The molecule has 0 radical (unpaired) electrons. The number of unbranched alkanes of at least 4 members (excludes halogenated alkanes) is 2. The molecule has 1 saturated carbocycles. The number of hydrogen-bond acceptors (Lipinski definition) is 4. The molecule has 1 aliphatic carbocycles. The molecule has 140 valence electrons. The number of aromatic nitrogens is 1. The van der Waals surface area contributed by atoms with E-state index in [1.54, 1.807) is 0 Å². The van der Waals surface area contributed by atoms with Crippen molar-refractivity contribution in [1.29, 1.82) is 0 Å². The summed E-state index contributed by atoms with van der Waals surface area (Å²) in [7, 11) is 1.91. The van der Waals surface area contributed by atoms with Gasteiger partial charge in [-0.2, -0.15) is 0 Å². The summed E-state index contributed by atoms with van der Waals surface area (Å²) in [5, 5.41) is 4.15. The Morgan fingerprint density at radius 1 is 1.23 bits per heavy atom. The standard InChI is InChI=1S/C21H29N3O2/c1-24(21(25)17-11-12-18(22)14-17)13-7-3-6-10-19-15-20(23-26-19)16-8-4-2-5-9-16/h2,4-5,8-9,15,17-18H,3,6-7,10-14,22H2,1H3. The molecule has 2 unspecified atom stereocenters. The molecule has 3 rings (SSSR count). The smallest absolute Gasteiger partial charge is 0.225 e. The van der Waals surface area contributed by atoms with E-state index in [0.29, 0.717) is 0 Å². The summed E-state index contributed by atoms with van der Waals surface area (Å²) in [6.07, 6.45) is 6.78. The fourth-order valence-electron chi connectivity index (χ4n) is 3.66. The minimum atomic E-state index is 0.139. The Labute approximate surface area is 155 Å². The van der Waals surface area contributed by atoms with Crippen LogP contribution in [-0.4, -0.2) is 35.6 Å². The lowest BCUT2D eigenvalue weighted by molar-refractivity contribution is -0.134. The van der Waals surface area contributed by atoms with Crippen LogP contribution in [0.25, 0.3) is 11.3 Å². The molecule has 0 spiro atoms. The van der Waals surface area contributed by atoms with E-state index in [0.717, 1.165) is 68.5 Å². The number of aryl methyl sites for hydroxylation is 1. The number of rotatable bonds is 8. The fourth-order valence-corrected chi connectivity index (χ4v) is 3.66. The predicted octanol–water partition coefficient (Wildman–Crippen LogP) is 3.64. The molecule has 0 bridgehead atoms. The van der Waals surface area contributed by atoms with Gasteiger partial charge < -0.3 is 15.2 Å². The first-order chi connectivity index (χ1) is 12.6. The van der Waals surface area contributed by atoms with Crippen molar-refractivity contribution in [3.05, 3.63) is 42.2 Å². The summed E-state index contributed by atoms with van der Waals surface area (Å²) in [6, 6.07) is 12.3. The highest BCUT2D eigenvalue weighted by atomic mass is 16.5. The number of amides is 1. The van der Waals surface area contributed by atoms with Crippen LogP contribution >= 0.6 is 0 Å².